The number of benzene rings is 13. The lowest BCUT2D eigenvalue weighted by atomic mass is 9.95. The number of hydrogen-bond donors (Lipinski definition) is 0. The molecule has 0 spiro atoms. The van der Waals surface area contributed by atoms with Crippen LogP contribution in [0, 0.1) is 0 Å². The van der Waals surface area contributed by atoms with Crippen molar-refractivity contribution in [3.05, 3.63) is 328 Å². The topological polar surface area (TPSA) is 9.86 Å². The predicted molar refractivity (Wildman–Crippen MR) is 346 cm³/mol. The van der Waals surface area contributed by atoms with Crippen LogP contribution in [-0.2, 0) is 0 Å². The number of hydrogen-bond acceptors (Lipinski definition) is 0. The molecule has 0 N–H and O–H groups in total. The molecule has 0 amide bonds. The first kappa shape index (κ1) is 47.9. The number of para-hydroxylation sites is 1. The van der Waals surface area contributed by atoms with Gasteiger partial charge in [-0.05, 0) is 114 Å². The molecule has 0 radical (unpaired) electrons. The van der Waals surface area contributed by atoms with Gasteiger partial charge in [0.2, 0.25) is 0 Å². The number of aromatic nitrogens is 2. The zero-order valence-electron chi connectivity index (χ0n) is 44.6. The molecule has 2 nitrogen and oxygen atoms in total. The Morgan fingerprint density at radius 2 is 0.556 bits per heavy atom. The third-order valence-electron chi connectivity index (χ3n) is 16.6. The molecule has 0 saturated heterocycles. The van der Waals surface area contributed by atoms with Crippen LogP contribution in [0.4, 0.5) is 0 Å². The summed E-state index contributed by atoms with van der Waals surface area (Å²) >= 11 is 0. The van der Waals surface area contributed by atoms with Gasteiger partial charge in [-0.1, -0.05) is 279 Å². The Kier molecular flexibility index (Phi) is 11.9. The maximum Gasteiger partial charge on any atom is 0.179 e. The van der Waals surface area contributed by atoms with Crippen molar-refractivity contribution in [2.45, 2.75) is 0 Å². The summed E-state index contributed by atoms with van der Waals surface area (Å²) in [6.45, 7) is 0. The molecule has 2 aromatic heterocycles. The molecule has 380 valence electrons. The number of fused-ring (bicyclic) bond motifs is 6. The van der Waals surface area contributed by atoms with Gasteiger partial charge in [-0.15, -0.1) is 0 Å². The summed E-state index contributed by atoms with van der Waals surface area (Å²) in [6, 6.07) is 122. The van der Waals surface area contributed by atoms with Gasteiger partial charge in [-0.3, -0.25) is 0 Å². The molecular weight excluding hydrogens is 993 g/mol. The van der Waals surface area contributed by atoms with E-state index in [1.807, 2.05) is 0 Å². The molecule has 15 aromatic rings. The van der Waals surface area contributed by atoms with Crippen molar-refractivity contribution in [2.24, 2.45) is 0 Å². The van der Waals surface area contributed by atoms with Gasteiger partial charge < -0.3 is 9.13 Å². The molecule has 0 atom stereocenters. The van der Waals surface area contributed by atoms with E-state index in [9.17, 15) is 0 Å². The second kappa shape index (κ2) is 20.2. The van der Waals surface area contributed by atoms with Gasteiger partial charge in [0.05, 0.1) is 27.8 Å². The van der Waals surface area contributed by atoms with E-state index in [1.54, 1.807) is 0 Å². The lowest BCUT2D eigenvalue weighted by molar-refractivity contribution is 1.17. The van der Waals surface area contributed by atoms with Crippen molar-refractivity contribution in [3.63, 3.8) is 0 Å². The van der Waals surface area contributed by atoms with Crippen LogP contribution in [0.1, 0.15) is 0 Å². The van der Waals surface area contributed by atoms with Crippen LogP contribution >= 0.6 is 0 Å². The molecule has 81 heavy (non-hydrogen) atoms. The lowest BCUT2D eigenvalue weighted by Crippen LogP contribution is -2.74. The predicted octanol–water partition coefficient (Wildman–Crippen LogP) is 17.6. The van der Waals surface area contributed by atoms with E-state index in [4.69, 9.17) is 0 Å². The van der Waals surface area contributed by atoms with E-state index < -0.39 is 8.07 Å². The Hall–Kier alpha value is -10.3. The fraction of sp³-hybridized carbons (Fsp3) is 0. The molecule has 2 heterocycles. The standard InChI is InChI=1S/C78H54N2Si/c1-8-25-55(26-9-1)60-35-24-40-66(49-60)81(64-36-18-6-19-37-64,65-38-20-7-21-39-65)67-53-69(58-31-14-4-15-32-58)78(70(54-67)59-33-16-5-17-34-59)80-76-47-44-62(57-29-12-3-13-30-57)51-72(76)73-52-63(45-48-77(73)80)79-74-42-23-22-41-68(74)71-50-61(43-46-75(71)79)56-27-10-2-11-28-56/h1-54H. The van der Waals surface area contributed by atoms with Gasteiger partial charge in [0.25, 0.3) is 0 Å². The lowest BCUT2D eigenvalue weighted by Gasteiger charge is -2.36. The van der Waals surface area contributed by atoms with Crippen LogP contribution in [0.5, 0.6) is 0 Å². The van der Waals surface area contributed by atoms with Crippen molar-refractivity contribution < 1.29 is 0 Å². The van der Waals surface area contributed by atoms with E-state index in [2.05, 4.69) is 337 Å². The first-order valence-electron chi connectivity index (χ1n) is 28.0. The van der Waals surface area contributed by atoms with Crippen molar-refractivity contribution in [2.75, 3.05) is 0 Å². The third-order valence-corrected chi connectivity index (χ3v) is 21.4. The van der Waals surface area contributed by atoms with Crippen LogP contribution in [0.15, 0.2) is 328 Å². The average molecular weight is 1050 g/mol. The Balaban J connectivity index is 1.05. The molecule has 3 heteroatoms. The monoisotopic (exact) mass is 1050 g/mol. The quantitative estimate of drug-likeness (QED) is 0.0902. The molecule has 0 aliphatic heterocycles. The maximum atomic E-state index is 2.58. The average Bonchev–Trinajstić information content (AvgIpc) is 4.03. The van der Waals surface area contributed by atoms with Crippen LogP contribution in [-0.4, -0.2) is 17.2 Å². The van der Waals surface area contributed by atoms with E-state index in [-0.39, 0.29) is 0 Å². The molecule has 13 aromatic carbocycles. The van der Waals surface area contributed by atoms with Crippen molar-refractivity contribution in [1.82, 2.24) is 9.13 Å². The second-order valence-electron chi connectivity index (χ2n) is 21.2. The normalized spacial score (nSPS) is 11.7. The van der Waals surface area contributed by atoms with Gasteiger partial charge >= 0.3 is 0 Å². The van der Waals surface area contributed by atoms with Crippen LogP contribution in [0.25, 0.3) is 111 Å². The highest BCUT2D eigenvalue weighted by Gasteiger charge is 2.43. The van der Waals surface area contributed by atoms with Crippen molar-refractivity contribution >= 4 is 72.4 Å². The fourth-order valence-corrected chi connectivity index (χ4v) is 17.8. The summed E-state index contributed by atoms with van der Waals surface area (Å²) in [7, 11) is -3.17. The molecule has 0 saturated carbocycles. The van der Waals surface area contributed by atoms with E-state index in [0.717, 1.165) is 33.5 Å². The third kappa shape index (κ3) is 8.17. The minimum absolute atomic E-state index is 1.12. The van der Waals surface area contributed by atoms with Crippen LogP contribution in [0.2, 0.25) is 0 Å². The van der Waals surface area contributed by atoms with Gasteiger partial charge in [0.15, 0.2) is 8.07 Å². The maximum absolute atomic E-state index is 3.17. The smallest absolute Gasteiger partial charge is 0.179 e. The Morgan fingerprint density at radius 3 is 1.06 bits per heavy atom. The van der Waals surface area contributed by atoms with E-state index >= 15 is 0 Å². The molecule has 0 aliphatic carbocycles. The molecule has 0 aliphatic rings. The van der Waals surface area contributed by atoms with Crippen molar-refractivity contribution in [1.29, 1.82) is 0 Å². The van der Waals surface area contributed by atoms with Gasteiger partial charge in [-0.2, -0.15) is 0 Å². The minimum atomic E-state index is -3.17. The first-order valence-corrected chi connectivity index (χ1v) is 30.0. The van der Waals surface area contributed by atoms with Gasteiger partial charge in [0.1, 0.15) is 0 Å². The number of rotatable bonds is 11. The SMILES string of the molecule is c1ccc(-c2cccc([Si](c3ccccc3)(c3ccccc3)c3cc(-c4ccccc4)c(-n4c5ccc(-c6ccccc6)cc5c5cc(-n6c7ccccc7c7cc(-c8ccccc8)ccc76)ccc54)c(-c4ccccc4)c3)c2)cc1. The Labute approximate surface area is 473 Å². The largest absolute Gasteiger partial charge is 0.309 e. The highest BCUT2D eigenvalue weighted by atomic mass is 28.3. The fourth-order valence-electron chi connectivity index (χ4n) is 13.0. The van der Waals surface area contributed by atoms with E-state index in [1.165, 1.54) is 97.8 Å². The summed E-state index contributed by atoms with van der Waals surface area (Å²) < 4.78 is 5.05. The highest BCUT2D eigenvalue weighted by molar-refractivity contribution is 7.20. The van der Waals surface area contributed by atoms with Crippen LogP contribution in [0.3, 0.4) is 0 Å². The summed E-state index contributed by atoms with van der Waals surface area (Å²) in [6.07, 6.45) is 0. The first-order chi connectivity index (χ1) is 40.2. The summed E-state index contributed by atoms with van der Waals surface area (Å²) in [5.41, 5.74) is 18.7. The Bertz CT molecular complexity index is 4660. The van der Waals surface area contributed by atoms with E-state index in [0.29, 0.717) is 0 Å². The minimum Gasteiger partial charge on any atom is -0.309 e. The molecular formula is C78H54N2Si. The van der Waals surface area contributed by atoms with Gasteiger partial charge in [0, 0.05) is 38.4 Å². The summed E-state index contributed by atoms with van der Waals surface area (Å²) in [5.74, 6) is 0. The zero-order chi connectivity index (χ0) is 53.7. The molecule has 15 rings (SSSR count). The Morgan fingerprint density at radius 1 is 0.198 bits per heavy atom. The van der Waals surface area contributed by atoms with Gasteiger partial charge in [-0.25, -0.2) is 0 Å². The zero-order valence-corrected chi connectivity index (χ0v) is 45.6. The molecule has 0 bridgehead atoms. The molecule has 0 unspecified atom stereocenters. The van der Waals surface area contributed by atoms with Crippen LogP contribution < -0.4 is 20.7 Å². The highest BCUT2D eigenvalue weighted by Crippen LogP contribution is 2.44. The summed E-state index contributed by atoms with van der Waals surface area (Å²) in [4.78, 5) is 0. The summed E-state index contributed by atoms with van der Waals surface area (Å²) in [5, 5.41) is 10.1. The molecule has 0 fully saturated rings. The second-order valence-corrected chi connectivity index (χ2v) is 25.0. The van der Waals surface area contributed by atoms with Crippen molar-refractivity contribution in [3.8, 4) is 67.0 Å². The number of nitrogens with zero attached hydrogens (tertiary/aromatic N) is 2.